The third-order valence-corrected chi connectivity index (χ3v) is 8.21. The molecule has 1 aromatic rings. The zero-order chi connectivity index (χ0) is 27.3. The van der Waals surface area contributed by atoms with Gasteiger partial charge in [0.05, 0.1) is 24.1 Å². The fourth-order valence-corrected chi connectivity index (χ4v) is 6.21. The van der Waals surface area contributed by atoms with Crippen molar-refractivity contribution in [3.63, 3.8) is 0 Å². The van der Waals surface area contributed by atoms with Crippen molar-refractivity contribution in [3.05, 3.63) is 58.3 Å². The van der Waals surface area contributed by atoms with Gasteiger partial charge in [-0.15, -0.1) is 11.6 Å². The lowest BCUT2D eigenvalue weighted by Crippen LogP contribution is -2.48. The molecule has 202 valence electrons. The Labute approximate surface area is 226 Å². The molecule has 7 atom stereocenters. The number of benzene rings is 1. The number of carbonyl (C=O) groups excluding carboxylic acids is 2. The van der Waals surface area contributed by atoms with Crippen LogP contribution in [0.4, 0.5) is 4.39 Å². The molecule has 0 saturated carbocycles. The molecule has 2 aliphatic heterocycles. The van der Waals surface area contributed by atoms with E-state index in [1.54, 1.807) is 24.3 Å². The summed E-state index contributed by atoms with van der Waals surface area (Å²) in [4.78, 5) is 27.7. The molecule has 10 heteroatoms. The Hall–Kier alpha value is -1.97. The number of carbonyl (C=O) groups is 2. The maximum atomic E-state index is 15.7. The summed E-state index contributed by atoms with van der Waals surface area (Å²) < 4.78 is 15.7. The van der Waals surface area contributed by atoms with Crippen LogP contribution in [0.15, 0.2) is 47.7 Å². The van der Waals surface area contributed by atoms with Gasteiger partial charge in [0.15, 0.2) is 0 Å². The Morgan fingerprint density at radius 2 is 2.03 bits per heavy atom. The van der Waals surface area contributed by atoms with Crippen LogP contribution in [-0.4, -0.2) is 64.4 Å². The van der Waals surface area contributed by atoms with Crippen molar-refractivity contribution in [1.82, 2.24) is 16.0 Å². The van der Waals surface area contributed by atoms with E-state index < -0.39 is 53.1 Å². The Bertz CT molecular complexity index is 1150. The number of hydrogen-bond donors (Lipinski definition) is 5. The lowest BCUT2D eigenvalue weighted by molar-refractivity contribution is -0.128. The first kappa shape index (κ1) is 28.0. The van der Waals surface area contributed by atoms with Gasteiger partial charge in [-0.25, -0.2) is 4.39 Å². The Morgan fingerprint density at radius 1 is 1.32 bits per heavy atom. The maximum Gasteiger partial charge on any atom is 0.237 e. The summed E-state index contributed by atoms with van der Waals surface area (Å²) in [5, 5.41) is 27.5. The van der Waals surface area contributed by atoms with E-state index >= 15 is 4.39 Å². The molecule has 5 N–H and O–H groups in total. The number of amides is 2. The second-order valence-corrected chi connectivity index (χ2v) is 12.5. The topological polar surface area (TPSA) is 111 Å². The number of alkyl halides is 2. The highest BCUT2D eigenvalue weighted by Gasteiger charge is 2.67. The van der Waals surface area contributed by atoms with Crippen molar-refractivity contribution in [2.75, 3.05) is 13.2 Å². The number of hydrogen-bond acceptors (Lipinski definition) is 5. The van der Waals surface area contributed by atoms with E-state index in [2.05, 4.69) is 16.0 Å². The summed E-state index contributed by atoms with van der Waals surface area (Å²) >= 11 is 12.7. The first-order chi connectivity index (χ1) is 17.2. The normalized spacial score (nSPS) is 34.0. The van der Waals surface area contributed by atoms with E-state index in [0.717, 1.165) is 0 Å². The SMILES string of the molecule is CC(C)(C)C[C@H]1N[C@@H](C(=O)NC[C@H](O)CO)[C@H](c2cccc(Cl)c2)[C@@]12C(=O)NC1=CC(Cl)C(C)(F)C=C12. The molecule has 2 heterocycles. The van der Waals surface area contributed by atoms with Gasteiger partial charge in [-0.05, 0) is 54.2 Å². The molecule has 2 fully saturated rings. The Kier molecular flexibility index (Phi) is 7.56. The Balaban J connectivity index is 1.93. The van der Waals surface area contributed by atoms with Crippen LogP contribution in [0, 0.1) is 10.8 Å². The van der Waals surface area contributed by atoms with E-state index in [9.17, 15) is 19.8 Å². The summed E-state index contributed by atoms with van der Waals surface area (Å²) in [6, 6.07) is 5.52. The molecule has 0 bridgehead atoms. The first-order valence-electron chi connectivity index (χ1n) is 12.4. The molecule has 2 unspecified atom stereocenters. The van der Waals surface area contributed by atoms with Crippen molar-refractivity contribution in [3.8, 4) is 0 Å². The van der Waals surface area contributed by atoms with E-state index in [-0.39, 0.29) is 17.9 Å². The van der Waals surface area contributed by atoms with Gasteiger partial charge in [-0.1, -0.05) is 44.5 Å². The lowest BCUT2D eigenvalue weighted by atomic mass is 9.61. The predicted molar refractivity (Wildman–Crippen MR) is 141 cm³/mol. The maximum absolute atomic E-state index is 15.7. The van der Waals surface area contributed by atoms with Crippen LogP contribution in [0.1, 0.15) is 45.6 Å². The van der Waals surface area contributed by atoms with Crippen molar-refractivity contribution in [2.45, 2.75) is 69.3 Å². The van der Waals surface area contributed by atoms with Gasteiger partial charge in [-0.2, -0.15) is 0 Å². The first-order valence-corrected chi connectivity index (χ1v) is 13.2. The molecule has 1 aliphatic carbocycles. The van der Waals surface area contributed by atoms with Crippen molar-refractivity contribution in [1.29, 1.82) is 0 Å². The van der Waals surface area contributed by atoms with Gasteiger partial charge in [0.25, 0.3) is 0 Å². The smallest absolute Gasteiger partial charge is 0.237 e. The van der Waals surface area contributed by atoms with E-state index in [0.29, 0.717) is 28.3 Å². The van der Waals surface area contributed by atoms with Crippen LogP contribution in [0.25, 0.3) is 0 Å². The minimum Gasteiger partial charge on any atom is -0.394 e. The monoisotopic (exact) mass is 553 g/mol. The van der Waals surface area contributed by atoms with E-state index in [1.165, 1.54) is 19.1 Å². The molecule has 0 aromatic heterocycles. The summed E-state index contributed by atoms with van der Waals surface area (Å²) in [6.45, 7) is 6.81. The molecule has 0 radical (unpaired) electrons. The van der Waals surface area contributed by atoms with E-state index in [4.69, 9.17) is 23.2 Å². The molecule has 1 spiro atoms. The van der Waals surface area contributed by atoms with Crippen LogP contribution >= 0.6 is 23.2 Å². The minimum absolute atomic E-state index is 0.163. The van der Waals surface area contributed by atoms with Gasteiger partial charge < -0.3 is 26.2 Å². The third kappa shape index (κ3) is 5.06. The summed E-state index contributed by atoms with van der Waals surface area (Å²) in [6.07, 6.45) is 2.31. The summed E-state index contributed by atoms with van der Waals surface area (Å²) in [5.41, 5.74) is -1.95. The number of fused-ring (bicyclic) bond motifs is 2. The molecule has 37 heavy (non-hydrogen) atoms. The number of rotatable bonds is 6. The molecule has 7 nitrogen and oxygen atoms in total. The quantitative estimate of drug-likeness (QED) is 0.348. The minimum atomic E-state index is -1.92. The van der Waals surface area contributed by atoms with Gasteiger partial charge in [-0.3, -0.25) is 9.59 Å². The van der Waals surface area contributed by atoms with Crippen LogP contribution < -0.4 is 16.0 Å². The van der Waals surface area contributed by atoms with E-state index in [1.807, 2.05) is 20.8 Å². The highest BCUT2D eigenvalue weighted by atomic mass is 35.5. The highest BCUT2D eigenvalue weighted by Crippen LogP contribution is 2.59. The highest BCUT2D eigenvalue weighted by molar-refractivity contribution is 6.30. The van der Waals surface area contributed by atoms with Crippen molar-refractivity contribution >= 4 is 35.0 Å². The molecular weight excluding hydrogens is 520 g/mol. The fourth-order valence-electron chi connectivity index (χ4n) is 5.82. The molecular formula is C27H34Cl2FN3O4. The largest absolute Gasteiger partial charge is 0.394 e. The average Bonchev–Trinajstić information content (AvgIpc) is 3.26. The van der Waals surface area contributed by atoms with Crippen molar-refractivity contribution < 1.29 is 24.2 Å². The van der Waals surface area contributed by atoms with Crippen LogP contribution in [-0.2, 0) is 9.59 Å². The number of nitrogens with one attached hydrogen (secondary N) is 3. The van der Waals surface area contributed by atoms with Crippen molar-refractivity contribution in [2.24, 2.45) is 10.8 Å². The standard InChI is InChI=1S/C27H34Cl2FN3O4/c1-25(2,3)11-20-27(17-10-26(4,30)19(29)9-18(17)32-24(27)37)21(14-6-5-7-15(28)8-14)22(33-20)23(36)31-12-16(35)13-34/h5-10,16,19-22,33-35H,11-13H2,1-4H3,(H,31,36)(H,32,37)/t16-,19?,20+,21-,22+,26?,27-/m0/s1. The predicted octanol–water partition coefficient (Wildman–Crippen LogP) is 2.95. The van der Waals surface area contributed by atoms with Crippen LogP contribution in [0.5, 0.6) is 0 Å². The zero-order valence-electron chi connectivity index (χ0n) is 21.3. The van der Waals surface area contributed by atoms with Gasteiger partial charge in [0.1, 0.15) is 11.1 Å². The number of aliphatic hydroxyl groups is 2. The molecule has 2 saturated heterocycles. The summed E-state index contributed by atoms with van der Waals surface area (Å²) in [7, 11) is 0. The fraction of sp³-hybridized carbons (Fsp3) is 0.556. The molecule has 1 aromatic carbocycles. The van der Waals surface area contributed by atoms with Gasteiger partial charge >= 0.3 is 0 Å². The number of allylic oxidation sites excluding steroid dienone is 3. The zero-order valence-corrected chi connectivity index (χ0v) is 22.8. The second-order valence-electron chi connectivity index (χ2n) is 11.6. The lowest BCUT2D eigenvalue weighted by Gasteiger charge is -2.39. The second kappa shape index (κ2) is 9.97. The summed E-state index contributed by atoms with van der Waals surface area (Å²) in [5.74, 6) is -1.55. The molecule has 4 rings (SSSR count). The average molecular weight is 554 g/mol. The Morgan fingerprint density at radius 3 is 2.65 bits per heavy atom. The molecule has 3 aliphatic rings. The van der Waals surface area contributed by atoms with Crippen LogP contribution in [0.3, 0.4) is 0 Å². The third-order valence-electron chi connectivity index (χ3n) is 7.42. The molecule has 2 amide bonds. The number of halogens is 3. The number of aliphatic hydroxyl groups excluding tert-OH is 2. The van der Waals surface area contributed by atoms with Gasteiger partial charge in [0, 0.05) is 29.2 Å². The van der Waals surface area contributed by atoms with Gasteiger partial charge in [0.2, 0.25) is 11.8 Å². The van der Waals surface area contributed by atoms with Crippen LogP contribution in [0.2, 0.25) is 5.02 Å².